The maximum atomic E-state index is 13.0. The zero-order valence-corrected chi connectivity index (χ0v) is 8.74. The first-order valence-electron chi connectivity index (χ1n) is 4.92. The lowest BCUT2D eigenvalue weighted by atomic mass is 10.2. The van der Waals surface area contributed by atoms with E-state index in [4.69, 9.17) is 15.6 Å². The van der Waals surface area contributed by atoms with Crippen molar-refractivity contribution >= 4 is 0 Å². The average molecular weight is 213 g/mol. The number of halogens is 1. The Kier molecular flexibility index (Phi) is 4.52. The monoisotopic (exact) mass is 213 g/mol. The summed E-state index contributed by atoms with van der Waals surface area (Å²) >= 11 is 0. The van der Waals surface area contributed by atoms with E-state index in [9.17, 15) is 4.39 Å². The fourth-order valence-electron chi connectivity index (χ4n) is 1.17. The molecular formula is C11H16FNO2. The van der Waals surface area contributed by atoms with Crippen molar-refractivity contribution in [3.05, 3.63) is 29.6 Å². The quantitative estimate of drug-likeness (QED) is 0.778. The molecule has 1 rings (SSSR count). The van der Waals surface area contributed by atoms with Crippen LogP contribution in [0.15, 0.2) is 18.2 Å². The molecule has 0 bridgehead atoms. The molecule has 0 saturated carbocycles. The van der Waals surface area contributed by atoms with Crippen LogP contribution in [0.2, 0.25) is 0 Å². The van der Waals surface area contributed by atoms with Crippen molar-refractivity contribution < 1.29 is 14.2 Å². The first-order valence-corrected chi connectivity index (χ1v) is 4.92. The summed E-state index contributed by atoms with van der Waals surface area (Å²) < 4.78 is 18.3. The molecule has 0 spiro atoms. The Morgan fingerprint density at radius 2 is 2.20 bits per heavy atom. The molecule has 0 fully saturated rings. The number of hydrogen-bond acceptors (Lipinski definition) is 3. The molecule has 0 heterocycles. The van der Waals surface area contributed by atoms with Gasteiger partial charge in [0.2, 0.25) is 0 Å². The Morgan fingerprint density at radius 1 is 1.47 bits per heavy atom. The van der Waals surface area contributed by atoms with Crippen LogP contribution in [-0.2, 0) is 6.54 Å². The Labute approximate surface area is 88.7 Å². The van der Waals surface area contributed by atoms with Gasteiger partial charge in [0, 0.05) is 19.0 Å². The maximum Gasteiger partial charge on any atom is 0.127 e. The Hall–Kier alpha value is -1.13. The number of ether oxygens (including phenoxy) is 1. The van der Waals surface area contributed by atoms with E-state index >= 15 is 0 Å². The van der Waals surface area contributed by atoms with Crippen molar-refractivity contribution in [3.8, 4) is 5.75 Å². The van der Waals surface area contributed by atoms with E-state index in [0.29, 0.717) is 24.3 Å². The van der Waals surface area contributed by atoms with Crippen LogP contribution >= 0.6 is 0 Å². The number of hydrogen-bond donors (Lipinski definition) is 2. The summed E-state index contributed by atoms with van der Waals surface area (Å²) in [6, 6.07) is 4.38. The number of nitrogens with two attached hydrogens (primary N) is 1. The standard InChI is InChI=1S/C11H16FNO2/c1-8(14)2-3-15-11-5-9(7-13)4-10(12)6-11/h4-6,8,14H,2-3,7,13H2,1H3. The van der Waals surface area contributed by atoms with Gasteiger partial charge in [0.15, 0.2) is 0 Å². The lowest BCUT2D eigenvalue weighted by Gasteiger charge is -2.09. The molecule has 3 N–H and O–H groups in total. The largest absolute Gasteiger partial charge is 0.493 e. The van der Waals surface area contributed by atoms with Gasteiger partial charge in [-0.2, -0.15) is 0 Å². The van der Waals surface area contributed by atoms with Crippen LogP contribution in [0.1, 0.15) is 18.9 Å². The molecule has 0 aromatic heterocycles. The highest BCUT2D eigenvalue weighted by Crippen LogP contribution is 2.16. The van der Waals surface area contributed by atoms with Crippen LogP contribution in [0.25, 0.3) is 0 Å². The zero-order chi connectivity index (χ0) is 11.3. The second kappa shape index (κ2) is 5.68. The van der Waals surface area contributed by atoms with E-state index in [0.717, 1.165) is 0 Å². The van der Waals surface area contributed by atoms with Gasteiger partial charge in [-0.3, -0.25) is 0 Å². The number of aliphatic hydroxyl groups excluding tert-OH is 1. The van der Waals surface area contributed by atoms with Gasteiger partial charge in [0.05, 0.1) is 12.7 Å². The molecule has 1 unspecified atom stereocenters. The molecule has 1 atom stereocenters. The molecule has 84 valence electrons. The van der Waals surface area contributed by atoms with Gasteiger partial charge in [-0.25, -0.2) is 4.39 Å². The third kappa shape index (κ3) is 4.27. The van der Waals surface area contributed by atoms with Gasteiger partial charge in [-0.1, -0.05) is 0 Å². The van der Waals surface area contributed by atoms with Crippen molar-refractivity contribution in [1.82, 2.24) is 0 Å². The minimum Gasteiger partial charge on any atom is -0.493 e. The molecule has 0 aliphatic carbocycles. The van der Waals surface area contributed by atoms with E-state index in [2.05, 4.69) is 0 Å². The summed E-state index contributed by atoms with van der Waals surface area (Å²) in [4.78, 5) is 0. The van der Waals surface area contributed by atoms with Crippen LogP contribution in [0.5, 0.6) is 5.75 Å². The van der Waals surface area contributed by atoms with E-state index in [1.165, 1.54) is 12.1 Å². The Balaban J connectivity index is 2.56. The van der Waals surface area contributed by atoms with Gasteiger partial charge in [-0.15, -0.1) is 0 Å². The highest BCUT2D eigenvalue weighted by atomic mass is 19.1. The molecule has 1 aromatic rings. The van der Waals surface area contributed by atoms with Crippen molar-refractivity contribution in [2.45, 2.75) is 26.0 Å². The fraction of sp³-hybridized carbons (Fsp3) is 0.455. The lowest BCUT2D eigenvalue weighted by molar-refractivity contribution is 0.155. The molecule has 15 heavy (non-hydrogen) atoms. The number of benzene rings is 1. The molecule has 0 aliphatic heterocycles. The highest BCUT2D eigenvalue weighted by molar-refractivity contribution is 5.29. The second-order valence-electron chi connectivity index (χ2n) is 3.49. The third-order valence-corrected chi connectivity index (χ3v) is 1.97. The van der Waals surface area contributed by atoms with Gasteiger partial charge >= 0.3 is 0 Å². The van der Waals surface area contributed by atoms with Gasteiger partial charge in [0.1, 0.15) is 11.6 Å². The molecule has 0 amide bonds. The van der Waals surface area contributed by atoms with Crippen molar-refractivity contribution in [2.24, 2.45) is 5.73 Å². The second-order valence-corrected chi connectivity index (χ2v) is 3.49. The van der Waals surface area contributed by atoms with Crippen LogP contribution in [-0.4, -0.2) is 17.8 Å². The summed E-state index contributed by atoms with van der Waals surface area (Å²) in [6.45, 7) is 2.33. The Bertz CT molecular complexity index is 315. The van der Waals surface area contributed by atoms with E-state index < -0.39 is 6.10 Å². The van der Waals surface area contributed by atoms with Gasteiger partial charge in [0.25, 0.3) is 0 Å². The predicted molar refractivity (Wildman–Crippen MR) is 56.1 cm³/mol. The third-order valence-electron chi connectivity index (χ3n) is 1.97. The topological polar surface area (TPSA) is 55.5 Å². The van der Waals surface area contributed by atoms with Crippen LogP contribution in [0, 0.1) is 5.82 Å². The SMILES string of the molecule is CC(O)CCOc1cc(F)cc(CN)c1. The molecule has 3 nitrogen and oxygen atoms in total. The smallest absolute Gasteiger partial charge is 0.127 e. The molecule has 0 saturated heterocycles. The van der Waals surface area contributed by atoms with Crippen molar-refractivity contribution in [2.75, 3.05) is 6.61 Å². The molecular weight excluding hydrogens is 197 g/mol. The number of rotatable bonds is 5. The predicted octanol–water partition coefficient (Wildman–Crippen LogP) is 1.43. The summed E-state index contributed by atoms with van der Waals surface area (Å²) in [5, 5.41) is 9.01. The van der Waals surface area contributed by atoms with Crippen molar-refractivity contribution in [1.29, 1.82) is 0 Å². The maximum absolute atomic E-state index is 13.0. The highest BCUT2D eigenvalue weighted by Gasteiger charge is 2.02. The summed E-state index contributed by atoms with van der Waals surface area (Å²) in [5.41, 5.74) is 6.10. The Morgan fingerprint density at radius 3 is 2.80 bits per heavy atom. The summed E-state index contributed by atoms with van der Waals surface area (Å²) in [6.07, 6.45) is 0.113. The first-order chi connectivity index (χ1) is 7.11. The molecule has 4 heteroatoms. The minimum atomic E-state index is -0.410. The van der Waals surface area contributed by atoms with Crippen LogP contribution in [0.4, 0.5) is 4.39 Å². The van der Waals surface area contributed by atoms with Crippen LogP contribution in [0.3, 0.4) is 0 Å². The number of aliphatic hydroxyl groups is 1. The zero-order valence-electron chi connectivity index (χ0n) is 8.74. The van der Waals surface area contributed by atoms with Crippen molar-refractivity contribution in [3.63, 3.8) is 0 Å². The molecule has 0 aliphatic rings. The van der Waals surface area contributed by atoms with Crippen LogP contribution < -0.4 is 10.5 Å². The average Bonchev–Trinajstić information content (AvgIpc) is 2.16. The first kappa shape index (κ1) is 11.9. The molecule has 1 aromatic carbocycles. The van der Waals surface area contributed by atoms with Gasteiger partial charge in [-0.05, 0) is 24.6 Å². The van der Waals surface area contributed by atoms with E-state index in [1.54, 1.807) is 13.0 Å². The molecule has 0 radical (unpaired) electrons. The van der Waals surface area contributed by atoms with Gasteiger partial charge < -0.3 is 15.6 Å². The minimum absolute atomic E-state index is 0.282. The summed E-state index contributed by atoms with van der Waals surface area (Å²) in [7, 11) is 0. The van der Waals surface area contributed by atoms with E-state index in [-0.39, 0.29) is 12.4 Å². The van der Waals surface area contributed by atoms with E-state index in [1.807, 2.05) is 0 Å². The lowest BCUT2D eigenvalue weighted by Crippen LogP contribution is -2.08. The fourth-order valence-corrected chi connectivity index (χ4v) is 1.17. The summed E-state index contributed by atoms with van der Waals surface area (Å²) in [5.74, 6) is 0.0982. The normalized spacial score (nSPS) is 12.5.